The number of aromatic hydroxyl groups is 2. The van der Waals surface area contributed by atoms with Crippen LogP contribution in [0, 0.1) is 0 Å². The molecule has 42 heavy (non-hydrogen) atoms. The fraction of sp³-hybridized carbons (Fsp3) is 0.533. The molecule has 6 atom stereocenters. The minimum absolute atomic E-state index is 0.00221. The van der Waals surface area contributed by atoms with Gasteiger partial charge >= 0.3 is 0 Å². The van der Waals surface area contributed by atoms with Crippen molar-refractivity contribution in [2.75, 3.05) is 21.3 Å². The molecule has 1 aliphatic heterocycles. The van der Waals surface area contributed by atoms with Crippen molar-refractivity contribution < 1.29 is 53.7 Å². The van der Waals surface area contributed by atoms with Crippen molar-refractivity contribution in [3.63, 3.8) is 0 Å². The van der Waals surface area contributed by atoms with Crippen LogP contribution in [0.15, 0.2) is 18.2 Å². The van der Waals surface area contributed by atoms with Gasteiger partial charge in [0.25, 0.3) is 0 Å². The number of hydrogen-bond donors (Lipinski definition) is 5. The first-order valence-electron chi connectivity index (χ1n) is 13.8. The van der Waals surface area contributed by atoms with E-state index in [1.165, 1.54) is 33.5 Å². The Morgan fingerprint density at radius 1 is 1.07 bits per heavy atom. The predicted molar refractivity (Wildman–Crippen MR) is 147 cm³/mol. The average Bonchev–Trinajstić information content (AvgIpc) is 2.96. The summed E-state index contributed by atoms with van der Waals surface area (Å²) in [5.74, 6) is -3.97. The normalized spacial score (nSPS) is 29.1. The van der Waals surface area contributed by atoms with Crippen LogP contribution in [0.4, 0.5) is 0 Å². The number of ketones is 2. The smallest absolute Gasteiger partial charge is 0.202 e. The van der Waals surface area contributed by atoms with Gasteiger partial charge in [0.05, 0.1) is 42.1 Å². The lowest BCUT2D eigenvalue weighted by Crippen LogP contribution is -2.60. The quantitative estimate of drug-likeness (QED) is 0.200. The highest BCUT2D eigenvalue weighted by atomic mass is 16.7. The molecule has 6 N–H and O–H groups in total. The highest BCUT2D eigenvalue weighted by molar-refractivity contribution is 6.31. The predicted octanol–water partition coefficient (Wildman–Crippen LogP) is 1.84. The topological polar surface area (TPSA) is 187 Å². The third-order valence-corrected chi connectivity index (χ3v) is 8.98. The van der Waals surface area contributed by atoms with Crippen molar-refractivity contribution in [1.29, 1.82) is 0 Å². The molecular formula is C30H37NO11. The third kappa shape index (κ3) is 4.32. The lowest BCUT2D eigenvalue weighted by molar-refractivity contribution is -0.319. The monoisotopic (exact) mass is 587 g/mol. The van der Waals surface area contributed by atoms with E-state index < -0.39 is 70.7 Å². The molecular weight excluding hydrogens is 550 g/mol. The summed E-state index contributed by atoms with van der Waals surface area (Å²) in [4.78, 5) is 27.6. The summed E-state index contributed by atoms with van der Waals surface area (Å²) in [5.41, 5.74) is 3.48. The van der Waals surface area contributed by atoms with Gasteiger partial charge in [-0.25, -0.2) is 0 Å². The number of nitrogens with two attached hydrogens (primary N) is 1. The lowest BCUT2D eigenvalue weighted by atomic mass is 9.70. The van der Waals surface area contributed by atoms with Crippen LogP contribution < -0.4 is 10.5 Å². The van der Waals surface area contributed by atoms with E-state index in [2.05, 4.69) is 0 Å². The SMILES string of the molecule is CCC(OC)(OC)C1(O)Cc2c(O)c3c(c(O)c2C(OC2CC(N)C(O)C(C)O2)C1)C(=O)c1c(OC)cccc1C3=O. The number of carbonyl (C=O) groups excluding carboxylic acids is 2. The van der Waals surface area contributed by atoms with E-state index in [1.807, 2.05) is 0 Å². The zero-order chi connectivity index (χ0) is 30.7. The molecule has 2 aromatic rings. The van der Waals surface area contributed by atoms with Crippen molar-refractivity contribution in [2.24, 2.45) is 5.73 Å². The number of aliphatic hydroxyl groups is 2. The first kappa shape index (κ1) is 30.4. The number of phenolic OH excluding ortho intramolecular Hbond substituents is 2. The number of methoxy groups -OCH3 is 3. The zero-order valence-electron chi connectivity index (χ0n) is 24.2. The highest BCUT2D eigenvalue weighted by Crippen LogP contribution is 2.55. The third-order valence-electron chi connectivity index (χ3n) is 8.98. The largest absolute Gasteiger partial charge is 0.507 e. The van der Waals surface area contributed by atoms with E-state index in [4.69, 9.17) is 29.4 Å². The molecule has 0 radical (unpaired) electrons. The van der Waals surface area contributed by atoms with E-state index in [1.54, 1.807) is 19.9 Å². The van der Waals surface area contributed by atoms with E-state index in [0.717, 1.165) is 0 Å². The minimum Gasteiger partial charge on any atom is -0.507 e. The molecule has 0 saturated carbocycles. The van der Waals surface area contributed by atoms with Crippen molar-refractivity contribution in [1.82, 2.24) is 0 Å². The number of benzene rings is 2. The highest BCUT2D eigenvalue weighted by Gasteiger charge is 2.57. The molecule has 0 aromatic heterocycles. The van der Waals surface area contributed by atoms with Crippen LogP contribution in [0.3, 0.4) is 0 Å². The van der Waals surface area contributed by atoms with Gasteiger partial charge in [0.15, 0.2) is 17.9 Å². The van der Waals surface area contributed by atoms with Gasteiger partial charge in [0, 0.05) is 62.6 Å². The second kappa shape index (κ2) is 10.9. The molecule has 228 valence electrons. The molecule has 5 rings (SSSR count). The standard InChI is InChI=1S/C30H37NO11/c1-6-30(39-4,40-5)29(37)11-15-21(18(12-29)42-19-10-16(31)24(32)13(2)41-19)28(36)23-22(26(15)34)25(33)14-8-7-9-17(38-3)20(14)27(23)35/h7-9,13,16,18-19,24,32,34,36-37H,6,10-12,31H2,1-5H3. The van der Waals surface area contributed by atoms with Crippen molar-refractivity contribution in [2.45, 2.75) is 81.6 Å². The Morgan fingerprint density at radius 2 is 1.74 bits per heavy atom. The van der Waals surface area contributed by atoms with Gasteiger partial charge in [-0.15, -0.1) is 0 Å². The van der Waals surface area contributed by atoms with E-state index >= 15 is 0 Å². The fourth-order valence-corrected chi connectivity index (χ4v) is 6.76. The molecule has 0 bridgehead atoms. The van der Waals surface area contributed by atoms with Crippen molar-refractivity contribution in [3.8, 4) is 17.2 Å². The molecule has 0 spiro atoms. The lowest BCUT2D eigenvalue weighted by Gasteiger charge is -2.49. The van der Waals surface area contributed by atoms with Crippen LogP contribution in [-0.4, -0.2) is 89.2 Å². The summed E-state index contributed by atoms with van der Waals surface area (Å²) >= 11 is 0. The maximum Gasteiger partial charge on any atom is 0.202 e. The maximum absolute atomic E-state index is 13.8. The van der Waals surface area contributed by atoms with Crippen LogP contribution in [0.1, 0.15) is 82.2 Å². The molecule has 1 saturated heterocycles. The molecule has 0 amide bonds. The second-order valence-corrected chi connectivity index (χ2v) is 11.1. The Balaban J connectivity index is 1.72. The number of rotatable bonds is 7. The minimum atomic E-state index is -1.84. The Hall–Kier alpha value is -3.10. The molecule has 2 aliphatic carbocycles. The number of phenols is 2. The van der Waals surface area contributed by atoms with Gasteiger partial charge in [-0.1, -0.05) is 19.1 Å². The number of hydrogen-bond acceptors (Lipinski definition) is 12. The molecule has 1 heterocycles. The molecule has 3 aliphatic rings. The summed E-state index contributed by atoms with van der Waals surface area (Å²) in [7, 11) is 4.11. The Bertz CT molecular complexity index is 1400. The first-order chi connectivity index (χ1) is 19.9. The maximum atomic E-state index is 13.8. The molecule has 12 heteroatoms. The Morgan fingerprint density at radius 3 is 2.33 bits per heavy atom. The van der Waals surface area contributed by atoms with E-state index in [9.17, 15) is 30.0 Å². The molecule has 2 aromatic carbocycles. The first-order valence-corrected chi connectivity index (χ1v) is 13.8. The summed E-state index contributed by atoms with van der Waals surface area (Å²) in [6.45, 7) is 3.39. The van der Waals surface area contributed by atoms with Gasteiger partial charge in [-0.2, -0.15) is 0 Å². The van der Waals surface area contributed by atoms with Crippen LogP contribution >= 0.6 is 0 Å². The zero-order valence-corrected chi connectivity index (χ0v) is 24.2. The number of aliphatic hydroxyl groups excluding tert-OH is 1. The van der Waals surface area contributed by atoms with Crippen LogP contribution in [0.25, 0.3) is 0 Å². The summed E-state index contributed by atoms with van der Waals surface area (Å²) in [6, 6.07) is 3.83. The van der Waals surface area contributed by atoms with Crippen LogP contribution in [0.2, 0.25) is 0 Å². The Labute approximate surface area is 242 Å². The van der Waals surface area contributed by atoms with Gasteiger partial charge in [-0.3, -0.25) is 9.59 Å². The molecule has 1 fully saturated rings. The number of carbonyl (C=O) groups is 2. The van der Waals surface area contributed by atoms with E-state index in [-0.39, 0.29) is 59.3 Å². The van der Waals surface area contributed by atoms with Gasteiger partial charge < -0.3 is 49.8 Å². The summed E-state index contributed by atoms with van der Waals surface area (Å²) < 4.78 is 28.8. The van der Waals surface area contributed by atoms with Gasteiger partial charge in [0.2, 0.25) is 5.78 Å². The van der Waals surface area contributed by atoms with Crippen LogP contribution in [-0.2, 0) is 25.4 Å². The second-order valence-electron chi connectivity index (χ2n) is 11.1. The Kier molecular flexibility index (Phi) is 7.86. The number of ether oxygens (including phenoxy) is 5. The van der Waals surface area contributed by atoms with Gasteiger partial charge in [0.1, 0.15) is 22.8 Å². The number of fused-ring (bicyclic) bond motifs is 3. The summed E-state index contributed by atoms with van der Waals surface area (Å²) in [6.07, 6.45) is -4.02. The summed E-state index contributed by atoms with van der Waals surface area (Å²) in [5, 5.41) is 45.8. The van der Waals surface area contributed by atoms with Crippen molar-refractivity contribution >= 4 is 11.6 Å². The fourth-order valence-electron chi connectivity index (χ4n) is 6.76. The average molecular weight is 588 g/mol. The molecule has 12 nitrogen and oxygen atoms in total. The van der Waals surface area contributed by atoms with Crippen molar-refractivity contribution in [3.05, 3.63) is 51.6 Å². The molecule has 6 unspecified atom stereocenters. The van der Waals surface area contributed by atoms with E-state index in [0.29, 0.717) is 0 Å². The van der Waals surface area contributed by atoms with Gasteiger partial charge in [-0.05, 0) is 13.0 Å². The van der Waals surface area contributed by atoms with Crippen LogP contribution in [0.5, 0.6) is 17.2 Å².